The van der Waals surface area contributed by atoms with E-state index in [1.165, 1.54) is 0 Å². The number of para-hydroxylation sites is 2. The number of rotatable bonds is 3. The third-order valence-corrected chi connectivity index (χ3v) is 1.41. The van der Waals surface area contributed by atoms with Crippen molar-refractivity contribution in [2.45, 2.75) is 13.8 Å². The highest BCUT2D eigenvalue weighted by atomic mass is 15.0. The molecular formula is C11H15N3. The number of hydrogen-bond acceptors (Lipinski definition) is 3. The molecule has 3 nitrogen and oxygen atoms in total. The van der Waals surface area contributed by atoms with Crippen molar-refractivity contribution < 1.29 is 0 Å². The van der Waals surface area contributed by atoms with Crippen LogP contribution in [0.5, 0.6) is 0 Å². The predicted molar refractivity (Wildman–Crippen MR) is 59.9 cm³/mol. The van der Waals surface area contributed by atoms with Crippen molar-refractivity contribution in [1.29, 1.82) is 5.53 Å². The quantitative estimate of drug-likeness (QED) is 0.555. The fraction of sp³-hybridized carbons (Fsp3) is 0.273. The van der Waals surface area contributed by atoms with Crippen LogP contribution >= 0.6 is 0 Å². The Labute approximate surface area is 85.0 Å². The third kappa shape index (κ3) is 3.72. The second-order valence-corrected chi connectivity index (χ2v) is 2.19. The summed E-state index contributed by atoms with van der Waals surface area (Å²) in [6.45, 7) is 4.45. The van der Waals surface area contributed by atoms with Gasteiger partial charge in [0.15, 0.2) is 0 Å². The topological polar surface area (TPSA) is 48.2 Å². The molecule has 0 aliphatic heterocycles. The number of hydrogen-bond donors (Lipinski definition) is 2. The minimum Gasteiger partial charge on any atom is -0.372 e. The first-order valence-corrected chi connectivity index (χ1v) is 4.52. The molecule has 14 heavy (non-hydrogen) atoms. The Balaban J connectivity index is 0.000000791. The molecule has 0 radical (unpaired) electrons. The largest absolute Gasteiger partial charge is 0.372 e. The zero-order valence-electron chi connectivity index (χ0n) is 8.54. The van der Waals surface area contributed by atoms with Crippen LogP contribution in [0, 0.1) is 17.9 Å². The van der Waals surface area contributed by atoms with Crippen LogP contribution < -0.4 is 5.32 Å². The van der Waals surface area contributed by atoms with Gasteiger partial charge in [-0.15, -0.1) is 6.42 Å². The maximum absolute atomic E-state index is 6.85. The van der Waals surface area contributed by atoms with E-state index in [1.54, 1.807) is 6.07 Å². The zero-order valence-corrected chi connectivity index (χ0v) is 8.54. The van der Waals surface area contributed by atoms with E-state index in [-0.39, 0.29) is 0 Å². The molecule has 1 aromatic rings. The molecule has 0 saturated heterocycles. The van der Waals surface area contributed by atoms with Crippen molar-refractivity contribution in [3.63, 3.8) is 0 Å². The molecule has 0 saturated carbocycles. The summed E-state index contributed by atoms with van der Waals surface area (Å²) >= 11 is 0. The van der Waals surface area contributed by atoms with E-state index in [4.69, 9.17) is 12.0 Å². The Morgan fingerprint density at radius 1 is 1.43 bits per heavy atom. The van der Waals surface area contributed by atoms with E-state index in [0.29, 0.717) is 12.2 Å². The fourth-order valence-corrected chi connectivity index (χ4v) is 0.867. The zero-order chi connectivity index (χ0) is 10.8. The number of benzene rings is 1. The monoisotopic (exact) mass is 189 g/mol. The van der Waals surface area contributed by atoms with Crippen LogP contribution in [0.25, 0.3) is 0 Å². The molecule has 0 spiro atoms. The average Bonchev–Trinajstić information content (AvgIpc) is 2.29. The molecule has 0 heterocycles. The molecule has 74 valence electrons. The highest BCUT2D eigenvalue weighted by Gasteiger charge is 1.96. The normalized spacial score (nSPS) is 7.79. The molecule has 1 rings (SSSR count). The van der Waals surface area contributed by atoms with E-state index >= 15 is 0 Å². The summed E-state index contributed by atoms with van der Waals surface area (Å²) in [7, 11) is 0. The van der Waals surface area contributed by atoms with Gasteiger partial charge >= 0.3 is 0 Å². The Hall–Kier alpha value is -1.82. The van der Waals surface area contributed by atoms with Crippen molar-refractivity contribution in [3.8, 4) is 12.3 Å². The summed E-state index contributed by atoms with van der Waals surface area (Å²) in [4.78, 5) is 0. The van der Waals surface area contributed by atoms with Crippen LogP contribution in [0.15, 0.2) is 29.4 Å². The number of terminal acetylenes is 1. The lowest BCUT2D eigenvalue weighted by Gasteiger charge is -2.03. The molecule has 0 aromatic heterocycles. The van der Waals surface area contributed by atoms with Gasteiger partial charge in [-0.1, -0.05) is 31.9 Å². The van der Waals surface area contributed by atoms with Gasteiger partial charge in [0.25, 0.3) is 0 Å². The molecule has 2 N–H and O–H groups in total. The van der Waals surface area contributed by atoms with E-state index in [0.717, 1.165) is 5.69 Å². The van der Waals surface area contributed by atoms with E-state index in [1.807, 2.05) is 32.0 Å². The number of nitrogens with zero attached hydrogens (tertiary/aromatic N) is 1. The molecule has 0 aliphatic rings. The van der Waals surface area contributed by atoms with Gasteiger partial charge in [-0.2, -0.15) is 5.11 Å². The summed E-state index contributed by atoms with van der Waals surface area (Å²) in [5.74, 6) is 2.45. The molecular weight excluding hydrogens is 174 g/mol. The highest BCUT2D eigenvalue weighted by molar-refractivity contribution is 5.64. The van der Waals surface area contributed by atoms with Gasteiger partial charge in [0.1, 0.15) is 5.69 Å². The molecule has 3 heteroatoms. The van der Waals surface area contributed by atoms with Gasteiger partial charge in [0.2, 0.25) is 0 Å². The summed E-state index contributed by atoms with van der Waals surface area (Å²) in [6.07, 6.45) is 5.08. The van der Waals surface area contributed by atoms with Crippen molar-refractivity contribution in [1.82, 2.24) is 0 Å². The van der Waals surface area contributed by atoms with Gasteiger partial charge in [-0.05, 0) is 12.1 Å². The van der Waals surface area contributed by atoms with Crippen LogP contribution in [0.1, 0.15) is 13.8 Å². The third-order valence-electron chi connectivity index (χ3n) is 1.41. The van der Waals surface area contributed by atoms with Crippen LogP contribution in [-0.2, 0) is 0 Å². The molecule has 0 fully saturated rings. The summed E-state index contributed by atoms with van der Waals surface area (Å²) in [6, 6.07) is 7.29. The molecule has 0 unspecified atom stereocenters. The minimum absolute atomic E-state index is 0.451. The van der Waals surface area contributed by atoms with Gasteiger partial charge in [0, 0.05) is 0 Å². The van der Waals surface area contributed by atoms with E-state index < -0.39 is 0 Å². The first kappa shape index (κ1) is 12.2. The van der Waals surface area contributed by atoms with E-state index in [9.17, 15) is 0 Å². The van der Waals surface area contributed by atoms with Crippen molar-refractivity contribution in [2.75, 3.05) is 11.9 Å². The predicted octanol–water partition coefficient (Wildman–Crippen LogP) is 3.42. The van der Waals surface area contributed by atoms with Crippen LogP contribution in [0.4, 0.5) is 11.4 Å². The summed E-state index contributed by atoms with van der Waals surface area (Å²) in [5, 5.41) is 6.31. The maximum atomic E-state index is 6.85. The molecule has 0 atom stereocenters. The highest BCUT2D eigenvalue weighted by Crippen LogP contribution is 2.22. The van der Waals surface area contributed by atoms with Crippen LogP contribution in [0.2, 0.25) is 0 Å². The second-order valence-electron chi connectivity index (χ2n) is 2.19. The Morgan fingerprint density at radius 3 is 2.64 bits per heavy atom. The first-order valence-electron chi connectivity index (χ1n) is 4.52. The number of anilines is 1. The second kappa shape index (κ2) is 7.81. The Morgan fingerprint density at radius 2 is 2.07 bits per heavy atom. The average molecular weight is 189 g/mol. The lowest BCUT2D eigenvalue weighted by Crippen LogP contribution is -1.97. The van der Waals surface area contributed by atoms with Gasteiger partial charge < -0.3 is 5.32 Å². The van der Waals surface area contributed by atoms with Crippen molar-refractivity contribution in [2.24, 2.45) is 5.11 Å². The van der Waals surface area contributed by atoms with Gasteiger partial charge in [-0.25, -0.2) is 5.53 Å². The molecule has 1 aromatic carbocycles. The molecule has 0 bridgehead atoms. The Bertz CT molecular complexity index is 313. The van der Waals surface area contributed by atoms with Gasteiger partial charge in [-0.3, -0.25) is 0 Å². The Kier molecular flexibility index (Phi) is 6.79. The van der Waals surface area contributed by atoms with Gasteiger partial charge in [0.05, 0.1) is 12.2 Å². The molecule has 0 aliphatic carbocycles. The summed E-state index contributed by atoms with van der Waals surface area (Å²) < 4.78 is 0. The standard InChI is InChI=1S/C9H9N3.C2H6/c1-2-7-11-8-5-3-4-6-9(8)12-10;1-2/h1,3-6,10-11H,7H2;1-2H3. The minimum atomic E-state index is 0.451. The van der Waals surface area contributed by atoms with Crippen LogP contribution in [-0.4, -0.2) is 6.54 Å². The lowest BCUT2D eigenvalue weighted by molar-refractivity contribution is 1.14. The summed E-state index contributed by atoms with van der Waals surface area (Å²) in [5.41, 5.74) is 8.25. The SMILES string of the molecule is C#CCNc1ccccc1N=N.CC. The fourth-order valence-electron chi connectivity index (χ4n) is 0.867. The lowest BCUT2D eigenvalue weighted by atomic mass is 10.3. The smallest absolute Gasteiger partial charge is 0.108 e. The number of nitrogens with one attached hydrogen (secondary N) is 2. The first-order chi connectivity index (χ1) is 6.88. The van der Waals surface area contributed by atoms with Crippen molar-refractivity contribution in [3.05, 3.63) is 24.3 Å². The van der Waals surface area contributed by atoms with E-state index in [2.05, 4.69) is 16.4 Å². The van der Waals surface area contributed by atoms with Crippen molar-refractivity contribution >= 4 is 11.4 Å². The van der Waals surface area contributed by atoms with Crippen LogP contribution in [0.3, 0.4) is 0 Å². The molecule has 0 amide bonds. The maximum Gasteiger partial charge on any atom is 0.108 e.